The third-order valence-electron chi connectivity index (χ3n) is 4.22. The molecule has 0 unspecified atom stereocenters. The molecule has 0 bridgehead atoms. The van der Waals surface area contributed by atoms with E-state index in [1.165, 1.54) is 25.7 Å². The van der Waals surface area contributed by atoms with E-state index in [0.29, 0.717) is 11.7 Å². The van der Waals surface area contributed by atoms with Crippen LogP contribution in [0, 0.1) is 6.92 Å². The summed E-state index contributed by atoms with van der Waals surface area (Å²) in [6.45, 7) is 2.43. The highest BCUT2D eigenvalue weighted by Crippen LogP contribution is 2.37. The van der Waals surface area contributed by atoms with Crippen LogP contribution >= 0.6 is 0 Å². The van der Waals surface area contributed by atoms with Crippen molar-refractivity contribution < 1.29 is 14.6 Å². The van der Waals surface area contributed by atoms with Gasteiger partial charge in [-0.2, -0.15) is 0 Å². The first kappa shape index (κ1) is 11.7. The summed E-state index contributed by atoms with van der Waals surface area (Å²) in [5, 5.41) is 9.36. The van der Waals surface area contributed by atoms with Gasteiger partial charge in [0.25, 0.3) is 0 Å². The van der Waals surface area contributed by atoms with Crippen LogP contribution in [0.3, 0.4) is 0 Å². The second kappa shape index (κ2) is 4.09. The number of nitrogens with zero attached hydrogens (tertiary/aromatic N) is 1. The third kappa shape index (κ3) is 1.57. The molecule has 98 valence electrons. The van der Waals surface area contributed by atoms with Crippen molar-refractivity contribution in [2.75, 3.05) is 13.2 Å². The normalized spacial score (nSPS) is 22.9. The van der Waals surface area contributed by atoms with Gasteiger partial charge in [-0.15, -0.1) is 0 Å². The molecule has 5 nitrogen and oxygen atoms in total. The highest BCUT2D eigenvalue weighted by molar-refractivity contribution is 5.81. The van der Waals surface area contributed by atoms with Crippen LogP contribution in [0.1, 0.15) is 48.8 Å². The van der Waals surface area contributed by atoms with Gasteiger partial charge in [-0.3, -0.25) is 4.79 Å². The molecule has 5 heteroatoms. The van der Waals surface area contributed by atoms with Crippen LogP contribution < -0.4 is 0 Å². The van der Waals surface area contributed by atoms with Gasteiger partial charge in [0.15, 0.2) is 5.41 Å². The number of carboxylic acids is 1. The maximum Gasteiger partial charge on any atom is 0.322 e. The van der Waals surface area contributed by atoms with E-state index in [2.05, 4.69) is 9.97 Å². The third-order valence-corrected chi connectivity index (χ3v) is 4.22. The Morgan fingerprint density at radius 2 is 2.11 bits per heavy atom. The van der Waals surface area contributed by atoms with Gasteiger partial charge in [-0.25, -0.2) is 4.98 Å². The number of aromatic amines is 1. The van der Waals surface area contributed by atoms with Crippen LogP contribution in [-0.2, 0) is 14.9 Å². The SMILES string of the molecule is Cc1[nH]c(C2(C(=O)O)COC2)nc1C1CCCC1. The molecule has 3 rings (SSSR count). The van der Waals surface area contributed by atoms with E-state index in [9.17, 15) is 9.90 Å². The Kier molecular flexibility index (Phi) is 2.66. The minimum atomic E-state index is -0.943. The molecule has 2 heterocycles. The summed E-state index contributed by atoms with van der Waals surface area (Å²) in [5.74, 6) is 0.225. The number of aliphatic carboxylic acids is 1. The van der Waals surface area contributed by atoms with Gasteiger partial charge in [-0.1, -0.05) is 12.8 Å². The van der Waals surface area contributed by atoms with Crippen molar-refractivity contribution in [3.8, 4) is 0 Å². The van der Waals surface area contributed by atoms with Crippen LogP contribution in [0.15, 0.2) is 0 Å². The standard InChI is InChI=1S/C13H18N2O3/c1-8-10(9-4-2-3-5-9)15-11(14-8)13(12(16)17)6-18-7-13/h9H,2-7H2,1H3,(H,14,15)(H,16,17). The Morgan fingerprint density at radius 1 is 1.44 bits per heavy atom. The largest absolute Gasteiger partial charge is 0.480 e. The quantitative estimate of drug-likeness (QED) is 0.856. The number of nitrogens with one attached hydrogen (secondary N) is 1. The fourth-order valence-corrected chi connectivity index (χ4v) is 2.96. The number of imidazole rings is 1. The molecular formula is C13H18N2O3. The number of rotatable bonds is 3. The van der Waals surface area contributed by atoms with E-state index < -0.39 is 11.4 Å². The summed E-state index contributed by atoms with van der Waals surface area (Å²) >= 11 is 0. The average molecular weight is 250 g/mol. The van der Waals surface area contributed by atoms with Crippen LogP contribution in [0.25, 0.3) is 0 Å². The van der Waals surface area contributed by atoms with Crippen molar-refractivity contribution in [1.82, 2.24) is 9.97 Å². The van der Waals surface area contributed by atoms with Crippen molar-refractivity contribution in [3.05, 3.63) is 17.2 Å². The van der Waals surface area contributed by atoms with Gasteiger partial charge < -0.3 is 14.8 Å². The van der Waals surface area contributed by atoms with Gasteiger partial charge in [0.2, 0.25) is 0 Å². The number of ether oxygens (including phenoxy) is 1. The molecule has 1 aliphatic carbocycles. The van der Waals surface area contributed by atoms with Crippen LogP contribution in [-0.4, -0.2) is 34.3 Å². The minimum absolute atomic E-state index is 0.222. The second-order valence-electron chi connectivity index (χ2n) is 5.46. The van der Waals surface area contributed by atoms with E-state index >= 15 is 0 Å². The molecule has 0 spiro atoms. The molecular weight excluding hydrogens is 232 g/mol. The predicted octanol–water partition coefficient (Wildman–Crippen LogP) is 1.73. The first-order chi connectivity index (χ1) is 8.63. The second-order valence-corrected chi connectivity index (χ2v) is 5.46. The lowest BCUT2D eigenvalue weighted by Gasteiger charge is -2.35. The first-order valence-corrected chi connectivity index (χ1v) is 6.51. The summed E-state index contributed by atoms with van der Waals surface area (Å²) in [4.78, 5) is 19.2. The molecule has 2 fully saturated rings. The Hall–Kier alpha value is -1.36. The molecule has 0 amide bonds. The molecule has 1 aromatic heterocycles. The molecule has 1 aromatic rings. The van der Waals surface area contributed by atoms with Gasteiger partial charge in [-0.05, 0) is 19.8 Å². The summed E-state index contributed by atoms with van der Waals surface area (Å²) in [6.07, 6.45) is 4.84. The molecule has 1 saturated carbocycles. The fraction of sp³-hybridized carbons (Fsp3) is 0.692. The number of aromatic nitrogens is 2. The van der Waals surface area contributed by atoms with E-state index in [1.807, 2.05) is 6.92 Å². The Morgan fingerprint density at radius 3 is 2.61 bits per heavy atom. The summed E-state index contributed by atoms with van der Waals surface area (Å²) in [6, 6.07) is 0. The Labute approximate surface area is 106 Å². The van der Waals surface area contributed by atoms with Crippen LogP contribution in [0.5, 0.6) is 0 Å². The minimum Gasteiger partial charge on any atom is -0.480 e. The monoisotopic (exact) mass is 250 g/mol. The van der Waals surface area contributed by atoms with Crippen molar-refractivity contribution in [2.45, 2.75) is 43.9 Å². The van der Waals surface area contributed by atoms with Crippen molar-refractivity contribution in [2.24, 2.45) is 0 Å². The summed E-state index contributed by atoms with van der Waals surface area (Å²) in [5.41, 5.74) is 1.14. The molecule has 2 aliphatic rings. The number of hydrogen-bond donors (Lipinski definition) is 2. The van der Waals surface area contributed by atoms with E-state index in [-0.39, 0.29) is 13.2 Å². The van der Waals surface area contributed by atoms with Gasteiger partial charge in [0.1, 0.15) is 5.82 Å². The molecule has 18 heavy (non-hydrogen) atoms. The molecule has 0 atom stereocenters. The number of carboxylic acid groups (broad SMARTS) is 1. The maximum absolute atomic E-state index is 11.4. The summed E-state index contributed by atoms with van der Waals surface area (Å²) < 4.78 is 5.09. The van der Waals surface area contributed by atoms with Gasteiger partial charge >= 0.3 is 5.97 Å². The maximum atomic E-state index is 11.4. The molecule has 1 saturated heterocycles. The molecule has 1 aliphatic heterocycles. The van der Waals surface area contributed by atoms with Crippen LogP contribution in [0.4, 0.5) is 0 Å². The van der Waals surface area contributed by atoms with Crippen molar-refractivity contribution >= 4 is 5.97 Å². The van der Waals surface area contributed by atoms with Crippen LogP contribution in [0.2, 0.25) is 0 Å². The lowest BCUT2D eigenvalue weighted by atomic mass is 9.85. The number of H-pyrrole nitrogens is 1. The van der Waals surface area contributed by atoms with E-state index in [0.717, 1.165) is 11.4 Å². The Bertz CT molecular complexity index is 471. The highest BCUT2D eigenvalue weighted by atomic mass is 16.5. The topological polar surface area (TPSA) is 75.2 Å². The van der Waals surface area contributed by atoms with Gasteiger partial charge in [0.05, 0.1) is 18.9 Å². The average Bonchev–Trinajstić information content (AvgIpc) is 2.84. The van der Waals surface area contributed by atoms with Gasteiger partial charge in [0, 0.05) is 11.6 Å². The number of carbonyl (C=O) groups is 1. The smallest absolute Gasteiger partial charge is 0.322 e. The lowest BCUT2D eigenvalue weighted by Crippen LogP contribution is -2.53. The zero-order chi connectivity index (χ0) is 12.8. The molecule has 0 radical (unpaired) electrons. The fourth-order valence-electron chi connectivity index (χ4n) is 2.96. The molecule has 2 N–H and O–H groups in total. The number of aryl methyl sites for hydroxylation is 1. The number of hydrogen-bond acceptors (Lipinski definition) is 3. The van der Waals surface area contributed by atoms with E-state index in [4.69, 9.17) is 4.74 Å². The molecule has 0 aromatic carbocycles. The lowest BCUT2D eigenvalue weighted by molar-refractivity contribution is -0.163. The highest BCUT2D eigenvalue weighted by Gasteiger charge is 2.51. The zero-order valence-corrected chi connectivity index (χ0v) is 10.5. The summed E-state index contributed by atoms with van der Waals surface area (Å²) in [7, 11) is 0. The van der Waals surface area contributed by atoms with Crippen molar-refractivity contribution in [3.63, 3.8) is 0 Å². The predicted molar refractivity (Wildman–Crippen MR) is 64.7 cm³/mol. The van der Waals surface area contributed by atoms with Crippen molar-refractivity contribution in [1.29, 1.82) is 0 Å². The zero-order valence-electron chi connectivity index (χ0n) is 10.5. The first-order valence-electron chi connectivity index (χ1n) is 6.51. The Balaban J connectivity index is 1.94. The van der Waals surface area contributed by atoms with E-state index in [1.54, 1.807) is 0 Å².